The van der Waals surface area contributed by atoms with Crippen LogP contribution in [0.2, 0.25) is 0 Å². The van der Waals surface area contributed by atoms with Gasteiger partial charge in [-0.25, -0.2) is 9.97 Å². The predicted molar refractivity (Wildman–Crippen MR) is 106 cm³/mol. The van der Waals surface area contributed by atoms with Crippen LogP contribution in [0, 0.1) is 6.92 Å². The van der Waals surface area contributed by atoms with E-state index in [-0.39, 0.29) is 17.9 Å². The highest BCUT2D eigenvalue weighted by Crippen LogP contribution is 2.14. The average molecular weight is 382 g/mol. The molecule has 3 N–H and O–H groups in total. The molecule has 0 unspecified atom stereocenters. The largest absolute Gasteiger partial charge is 0.378 e. The van der Waals surface area contributed by atoms with Crippen molar-refractivity contribution in [1.82, 2.24) is 19.9 Å². The predicted octanol–water partition coefficient (Wildman–Crippen LogP) is 1.36. The van der Waals surface area contributed by atoms with Crippen molar-refractivity contribution < 1.29 is 9.53 Å². The topological polar surface area (TPSA) is 116 Å². The van der Waals surface area contributed by atoms with Gasteiger partial charge < -0.3 is 14.6 Å². The van der Waals surface area contributed by atoms with Crippen molar-refractivity contribution in [2.24, 2.45) is 0 Å². The Balaban J connectivity index is 1.41. The molecule has 0 atom stereocenters. The molecule has 0 radical (unpaired) electrons. The van der Waals surface area contributed by atoms with Gasteiger partial charge >= 0.3 is 0 Å². The van der Waals surface area contributed by atoms with Crippen LogP contribution in [0.3, 0.4) is 0 Å². The Morgan fingerprint density at radius 3 is 2.75 bits per heavy atom. The van der Waals surface area contributed by atoms with Gasteiger partial charge in [0.2, 0.25) is 17.8 Å². The van der Waals surface area contributed by atoms with E-state index in [1.165, 1.54) is 0 Å². The fraction of sp³-hybridized carbons (Fsp3) is 0.368. The van der Waals surface area contributed by atoms with E-state index in [1.807, 2.05) is 29.2 Å². The molecule has 3 heterocycles. The zero-order valence-electron chi connectivity index (χ0n) is 15.6. The van der Waals surface area contributed by atoms with Crippen LogP contribution < -0.4 is 15.8 Å². The standard InChI is InChI=1S/C19H22N6O3/c1-12-13(17(27)24-19(20-12)25-8-10-28-11-9-25)6-7-16(26)23-18-21-14-4-2-3-5-15(14)22-18/h2-5H,6-11H2,1H3,(H,20,24,27)(H2,21,22,23,26). The number of H-pyrrole nitrogens is 2. The summed E-state index contributed by atoms with van der Waals surface area (Å²) in [6.07, 6.45) is 0.475. The lowest BCUT2D eigenvalue weighted by atomic mass is 10.1. The molecular weight excluding hydrogens is 360 g/mol. The minimum absolute atomic E-state index is 0.166. The number of rotatable bonds is 5. The highest BCUT2D eigenvalue weighted by Gasteiger charge is 2.17. The minimum atomic E-state index is -0.213. The third kappa shape index (κ3) is 3.89. The molecule has 1 fully saturated rings. The summed E-state index contributed by atoms with van der Waals surface area (Å²) >= 11 is 0. The maximum atomic E-state index is 12.5. The van der Waals surface area contributed by atoms with Crippen molar-refractivity contribution in [3.05, 3.63) is 45.9 Å². The first-order valence-corrected chi connectivity index (χ1v) is 9.27. The van der Waals surface area contributed by atoms with Gasteiger partial charge in [0.25, 0.3) is 5.56 Å². The fourth-order valence-electron chi connectivity index (χ4n) is 3.26. The lowest BCUT2D eigenvalue weighted by Gasteiger charge is -2.27. The van der Waals surface area contributed by atoms with E-state index in [4.69, 9.17) is 4.74 Å². The molecule has 1 aromatic carbocycles. The summed E-state index contributed by atoms with van der Waals surface area (Å²) in [6.45, 7) is 4.42. The maximum Gasteiger partial charge on any atom is 0.255 e. The minimum Gasteiger partial charge on any atom is -0.378 e. The number of benzene rings is 1. The van der Waals surface area contributed by atoms with Gasteiger partial charge in [0.05, 0.1) is 24.2 Å². The monoisotopic (exact) mass is 382 g/mol. The molecule has 0 aliphatic carbocycles. The van der Waals surface area contributed by atoms with Crippen LogP contribution in [-0.2, 0) is 16.0 Å². The number of aryl methyl sites for hydroxylation is 1. The quantitative estimate of drug-likeness (QED) is 0.614. The first-order chi connectivity index (χ1) is 13.6. The zero-order valence-corrected chi connectivity index (χ0v) is 15.6. The van der Waals surface area contributed by atoms with Gasteiger partial charge in [-0.05, 0) is 25.5 Å². The number of morpholine rings is 1. The summed E-state index contributed by atoms with van der Waals surface area (Å²) in [6, 6.07) is 7.54. The van der Waals surface area contributed by atoms with Gasteiger partial charge in [0.1, 0.15) is 0 Å². The molecule has 9 heteroatoms. The van der Waals surface area contributed by atoms with Crippen molar-refractivity contribution in [2.45, 2.75) is 19.8 Å². The van der Waals surface area contributed by atoms with E-state index in [0.29, 0.717) is 55.9 Å². The molecule has 1 aliphatic rings. The molecule has 0 bridgehead atoms. The van der Waals surface area contributed by atoms with Crippen LogP contribution in [0.5, 0.6) is 0 Å². The summed E-state index contributed by atoms with van der Waals surface area (Å²) in [5, 5.41) is 2.74. The van der Waals surface area contributed by atoms with Crippen molar-refractivity contribution in [1.29, 1.82) is 0 Å². The molecule has 1 aliphatic heterocycles. The SMILES string of the molecule is Cc1nc(N2CCOCC2)[nH]c(=O)c1CCC(=O)Nc1nc2ccccc2[nH]1. The second-order valence-corrected chi connectivity index (χ2v) is 6.70. The second kappa shape index (κ2) is 7.81. The van der Waals surface area contributed by atoms with Crippen LogP contribution in [0.15, 0.2) is 29.1 Å². The van der Waals surface area contributed by atoms with Gasteiger partial charge in [-0.1, -0.05) is 12.1 Å². The van der Waals surface area contributed by atoms with Crippen molar-refractivity contribution >= 4 is 28.8 Å². The highest BCUT2D eigenvalue weighted by atomic mass is 16.5. The fourth-order valence-corrected chi connectivity index (χ4v) is 3.26. The van der Waals surface area contributed by atoms with E-state index < -0.39 is 0 Å². The smallest absolute Gasteiger partial charge is 0.255 e. The Kier molecular flexibility index (Phi) is 5.07. The summed E-state index contributed by atoms with van der Waals surface area (Å²) in [4.78, 5) is 41.5. The van der Waals surface area contributed by atoms with E-state index in [9.17, 15) is 9.59 Å². The number of aromatic amines is 2. The number of nitrogens with one attached hydrogen (secondary N) is 3. The maximum absolute atomic E-state index is 12.5. The van der Waals surface area contributed by atoms with Crippen LogP contribution >= 0.6 is 0 Å². The first-order valence-electron chi connectivity index (χ1n) is 9.27. The van der Waals surface area contributed by atoms with Gasteiger partial charge in [-0.2, -0.15) is 0 Å². The van der Waals surface area contributed by atoms with E-state index in [0.717, 1.165) is 11.0 Å². The lowest BCUT2D eigenvalue weighted by Crippen LogP contribution is -2.38. The number of fused-ring (bicyclic) bond motifs is 1. The number of carbonyl (C=O) groups excluding carboxylic acids is 1. The summed E-state index contributed by atoms with van der Waals surface area (Å²) in [5.41, 5.74) is 2.60. The number of amides is 1. The molecule has 0 saturated carbocycles. The molecule has 9 nitrogen and oxygen atoms in total. The van der Waals surface area contributed by atoms with Crippen LogP contribution in [0.4, 0.5) is 11.9 Å². The number of hydrogen-bond donors (Lipinski definition) is 3. The third-order valence-electron chi connectivity index (χ3n) is 4.77. The van der Waals surface area contributed by atoms with Crippen molar-refractivity contribution in [2.75, 3.05) is 36.5 Å². The number of para-hydroxylation sites is 2. The number of ether oxygens (including phenoxy) is 1. The Morgan fingerprint density at radius 2 is 2.00 bits per heavy atom. The summed E-state index contributed by atoms with van der Waals surface area (Å²) in [5.74, 6) is 0.744. The van der Waals surface area contributed by atoms with Crippen molar-refractivity contribution in [3.63, 3.8) is 0 Å². The molecule has 146 valence electrons. The van der Waals surface area contributed by atoms with E-state index >= 15 is 0 Å². The van der Waals surface area contributed by atoms with E-state index in [1.54, 1.807) is 6.92 Å². The lowest BCUT2D eigenvalue weighted by molar-refractivity contribution is -0.116. The molecule has 28 heavy (non-hydrogen) atoms. The van der Waals surface area contributed by atoms with Gasteiger partial charge in [-0.15, -0.1) is 0 Å². The normalized spacial score (nSPS) is 14.4. The summed E-state index contributed by atoms with van der Waals surface area (Å²) in [7, 11) is 0. The Morgan fingerprint density at radius 1 is 1.21 bits per heavy atom. The molecule has 1 amide bonds. The van der Waals surface area contributed by atoms with Crippen LogP contribution in [0.25, 0.3) is 11.0 Å². The molecular formula is C19H22N6O3. The van der Waals surface area contributed by atoms with E-state index in [2.05, 4.69) is 25.3 Å². The number of nitrogens with zero attached hydrogens (tertiary/aromatic N) is 3. The third-order valence-corrected chi connectivity index (χ3v) is 4.77. The molecule has 1 saturated heterocycles. The van der Waals surface area contributed by atoms with Crippen LogP contribution in [-0.4, -0.2) is 52.1 Å². The number of carbonyl (C=O) groups is 1. The average Bonchev–Trinajstić information content (AvgIpc) is 3.10. The molecule has 4 rings (SSSR count). The number of aromatic nitrogens is 4. The molecule has 3 aromatic rings. The van der Waals surface area contributed by atoms with Gasteiger partial charge in [-0.3, -0.25) is 19.9 Å². The number of hydrogen-bond acceptors (Lipinski definition) is 6. The number of imidazole rings is 1. The van der Waals surface area contributed by atoms with Gasteiger partial charge in [0, 0.05) is 30.8 Å². The first kappa shape index (κ1) is 18.2. The molecule has 2 aromatic heterocycles. The number of anilines is 2. The zero-order chi connectivity index (χ0) is 19.5. The molecule has 0 spiro atoms. The van der Waals surface area contributed by atoms with Crippen molar-refractivity contribution in [3.8, 4) is 0 Å². The van der Waals surface area contributed by atoms with Crippen LogP contribution in [0.1, 0.15) is 17.7 Å². The second-order valence-electron chi connectivity index (χ2n) is 6.70. The Labute approximate surface area is 161 Å². The Hall–Kier alpha value is -3.20. The Bertz CT molecular complexity index is 1020. The summed E-state index contributed by atoms with van der Waals surface area (Å²) < 4.78 is 5.32. The van der Waals surface area contributed by atoms with Gasteiger partial charge in [0.15, 0.2) is 0 Å². The highest BCUT2D eigenvalue weighted by molar-refractivity contribution is 5.91.